The summed E-state index contributed by atoms with van der Waals surface area (Å²) in [6.07, 6.45) is 1.12. The number of hydrogen-bond donors (Lipinski definition) is 2. The molecule has 0 aliphatic carbocycles. The van der Waals surface area contributed by atoms with E-state index in [0.29, 0.717) is 30.5 Å². The number of nitrogens with zero attached hydrogens (tertiary/aromatic N) is 1. The predicted molar refractivity (Wildman–Crippen MR) is 55.4 cm³/mol. The number of fused-ring (bicyclic) bond motifs is 1. The van der Waals surface area contributed by atoms with Crippen LogP contribution in [0, 0.1) is 10.1 Å². The minimum atomic E-state index is -0.654. The number of rotatable bonds is 1. The van der Waals surface area contributed by atoms with Crippen molar-refractivity contribution in [1.82, 2.24) is 5.32 Å². The van der Waals surface area contributed by atoms with Crippen molar-refractivity contribution in [2.45, 2.75) is 12.8 Å². The van der Waals surface area contributed by atoms with Crippen LogP contribution in [0.1, 0.15) is 22.3 Å². The lowest BCUT2D eigenvalue weighted by Crippen LogP contribution is -2.22. The highest BCUT2D eigenvalue weighted by Gasteiger charge is 2.24. The zero-order chi connectivity index (χ0) is 11.7. The maximum absolute atomic E-state index is 11.5. The van der Waals surface area contributed by atoms with Crippen LogP contribution in [0.15, 0.2) is 12.1 Å². The van der Waals surface area contributed by atoms with Crippen LogP contribution >= 0.6 is 0 Å². The SMILES string of the molecule is O=C1NCCCc2c1ccc([N+](=O)[O-])c2O. The Morgan fingerprint density at radius 3 is 2.88 bits per heavy atom. The molecule has 6 heteroatoms. The fourth-order valence-electron chi connectivity index (χ4n) is 1.80. The quantitative estimate of drug-likeness (QED) is 0.547. The molecule has 0 atom stereocenters. The molecule has 1 aliphatic heterocycles. The maximum atomic E-state index is 11.5. The van der Waals surface area contributed by atoms with Crippen molar-refractivity contribution in [3.8, 4) is 5.75 Å². The van der Waals surface area contributed by atoms with Crippen LogP contribution in [0.4, 0.5) is 5.69 Å². The van der Waals surface area contributed by atoms with E-state index in [2.05, 4.69) is 5.32 Å². The number of amides is 1. The van der Waals surface area contributed by atoms with Gasteiger partial charge >= 0.3 is 5.69 Å². The predicted octanol–water partition coefficient (Wildman–Crippen LogP) is 0.976. The third-order valence-electron chi connectivity index (χ3n) is 2.59. The molecule has 1 heterocycles. The van der Waals surface area contributed by atoms with Crippen LogP contribution in [0.25, 0.3) is 0 Å². The lowest BCUT2D eigenvalue weighted by molar-refractivity contribution is -0.385. The van der Waals surface area contributed by atoms with Crippen LogP contribution in [-0.2, 0) is 6.42 Å². The molecule has 16 heavy (non-hydrogen) atoms. The van der Waals surface area contributed by atoms with Crippen molar-refractivity contribution in [1.29, 1.82) is 0 Å². The second-order valence-electron chi connectivity index (χ2n) is 3.58. The topological polar surface area (TPSA) is 92.5 Å². The fourth-order valence-corrected chi connectivity index (χ4v) is 1.80. The number of phenols is 1. The minimum absolute atomic E-state index is 0.294. The molecule has 1 amide bonds. The Labute approximate surface area is 91.0 Å². The van der Waals surface area contributed by atoms with Crippen LogP contribution in [-0.4, -0.2) is 22.5 Å². The lowest BCUT2D eigenvalue weighted by Gasteiger charge is -2.06. The summed E-state index contributed by atoms with van der Waals surface area (Å²) in [4.78, 5) is 21.5. The standard InChI is InChI=1S/C10H10N2O4/c13-9-6-2-1-5-11-10(14)7(6)3-4-8(9)12(15)16/h3-4,13H,1-2,5H2,(H,11,14). The average molecular weight is 222 g/mol. The van der Waals surface area contributed by atoms with Gasteiger partial charge in [-0.25, -0.2) is 0 Å². The molecular weight excluding hydrogens is 212 g/mol. The van der Waals surface area contributed by atoms with Crippen molar-refractivity contribution in [3.63, 3.8) is 0 Å². The zero-order valence-corrected chi connectivity index (χ0v) is 8.40. The van der Waals surface area contributed by atoms with Crippen molar-refractivity contribution < 1.29 is 14.8 Å². The fraction of sp³-hybridized carbons (Fsp3) is 0.300. The minimum Gasteiger partial charge on any atom is -0.502 e. The highest BCUT2D eigenvalue weighted by atomic mass is 16.6. The molecule has 0 aromatic heterocycles. The van der Waals surface area contributed by atoms with Gasteiger partial charge in [-0.15, -0.1) is 0 Å². The Hall–Kier alpha value is -2.11. The van der Waals surface area contributed by atoms with E-state index < -0.39 is 4.92 Å². The smallest absolute Gasteiger partial charge is 0.311 e. The Morgan fingerprint density at radius 1 is 1.44 bits per heavy atom. The molecule has 1 aromatic rings. The first-order valence-corrected chi connectivity index (χ1v) is 4.88. The summed E-state index contributed by atoms with van der Waals surface area (Å²) in [5, 5.41) is 23.0. The second kappa shape index (κ2) is 3.80. The lowest BCUT2D eigenvalue weighted by atomic mass is 10.0. The molecule has 1 aromatic carbocycles. The number of carbonyl (C=O) groups excluding carboxylic acids is 1. The van der Waals surface area contributed by atoms with Crippen molar-refractivity contribution in [2.75, 3.05) is 6.54 Å². The Balaban J connectivity index is 2.59. The molecule has 6 nitrogen and oxygen atoms in total. The highest BCUT2D eigenvalue weighted by Crippen LogP contribution is 2.33. The monoisotopic (exact) mass is 222 g/mol. The van der Waals surface area contributed by atoms with Gasteiger partial charge in [0.2, 0.25) is 0 Å². The van der Waals surface area contributed by atoms with E-state index in [1.165, 1.54) is 6.07 Å². The third-order valence-corrected chi connectivity index (χ3v) is 2.59. The van der Waals surface area contributed by atoms with Crippen molar-refractivity contribution >= 4 is 11.6 Å². The van der Waals surface area contributed by atoms with E-state index in [0.717, 1.165) is 6.07 Å². The number of nitro groups is 1. The molecule has 0 unspecified atom stereocenters. The maximum Gasteiger partial charge on any atom is 0.311 e. The van der Waals surface area contributed by atoms with Gasteiger partial charge in [0, 0.05) is 23.7 Å². The van der Waals surface area contributed by atoms with Gasteiger partial charge < -0.3 is 10.4 Å². The van der Waals surface area contributed by atoms with Crippen LogP contribution < -0.4 is 5.32 Å². The van der Waals surface area contributed by atoms with E-state index in [9.17, 15) is 20.0 Å². The largest absolute Gasteiger partial charge is 0.502 e. The molecule has 2 N–H and O–H groups in total. The zero-order valence-electron chi connectivity index (χ0n) is 8.40. The molecule has 1 aliphatic rings. The number of nitrogens with one attached hydrogen (secondary N) is 1. The van der Waals surface area contributed by atoms with Gasteiger partial charge in [-0.3, -0.25) is 14.9 Å². The van der Waals surface area contributed by atoms with E-state index in [-0.39, 0.29) is 17.3 Å². The molecule has 0 fully saturated rings. The molecular formula is C10H10N2O4. The van der Waals surface area contributed by atoms with Crippen LogP contribution in [0.3, 0.4) is 0 Å². The van der Waals surface area contributed by atoms with Gasteiger partial charge in [-0.2, -0.15) is 0 Å². The van der Waals surface area contributed by atoms with E-state index >= 15 is 0 Å². The first-order chi connectivity index (χ1) is 7.61. The van der Waals surface area contributed by atoms with Gasteiger partial charge in [-0.05, 0) is 18.9 Å². The number of hydrogen-bond acceptors (Lipinski definition) is 4. The number of carbonyl (C=O) groups is 1. The van der Waals surface area contributed by atoms with E-state index in [4.69, 9.17) is 0 Å². The van der Waals surface area contributed by atoms with Crippen LogP contribution in [0.5, 0.6) is 5.75 Å². The molecule has 0 bridgehead atoms. The van der Waals surface area contributed by atoms with Crippen molar-refractivity contribution in [2.24, 2.45) is 0 Å². The molecule has 2 rings (SSSR count). The highest BCUT2D eigenvalue weighted by molar-refractivity contribution is 5.97. The first kappa shape index (κ1) is 10.4. The average Bonchev–Trinajstić information content (AvgIpc) is 2.42. The van der Waals surface area contributed by atoms with Crippen LogP contribution in [0.2, 0.25) is 0 Å². The summed E-state index contributed by atoms with van der Waals surface area (Å²) in [5.41, 5.74) is 0.332. The van der Waals surface area contributed by atoms with E-state index in [1.54, 1.807) is 0 Å². The van der Waals surface area contributed by atoms with Gasteiger partial charge in [0.05, 0.1) is 4.92 Å². The summed E-state index contributed by atoms with van der Waals surface area (Å²) in [5.74, 6) is -0.683. The van der Waals surface area contributed by atoms with Crippen molar-refractivity contribution in [3.05, 3.63) is 33.4 Å². The number of aromatic hydroxyl groups is 1. The molecule has 0 spiro atoms. The molecule has 84 valence electrons. The molecule has 0 radical (unpaired) electrons. The number of phenolic OH excluding ortho intramolecular Hbond substituents is 1. The molecule has 0 saturated carbocycles. The first-order valence-electron chi connectivity index (χ1n) is 4.88. The Morgan fingerprint density at radius 2 is 2.19 bits per heavy atom. The van der Waals surface area contributed by atoms with Gasteiger partial charge in [-0.1, -0.05) is 0 Å². The number of nitro benzene ring substituents is 1. The summed E-state index contributed by atoms with van der Waals surface area (Å²) < 4.78 is 0. The Kier molecular flexibility index (Phi) is 2.47. The number of benzene rings is 1. The second-order valence-corrected chi connectivity index (χ2v) is 3.58. The summed E-state index contributed by atoms with van der Waals surface area (Å²) in [6.45, 7) is 0.515. The van der Waals surface area contributed by atoms with E-state index in [1.807, 2.05) is 0 Å². The third kappa shape index (κ3) is 1.58. The molecule has 0 saturated heterocycles. The summed E-state index contributed by atoms with van der Waals surface area (Å²) in [6, 6.07) is 2.53. The van der Waals surface area contributed by atoms with Gasteiger partial charge in [0.1, 0.15) is 0 Å². The van der Waals surface area contributed by atoms with Gasteiger partial charge in [0.25, 0.3) is 5.91 Å². The summed E-state index contributed by atoms with van der Waals surface area (Å²) >= 11 is 0. The van der Waals surface area contributed by atoms with Gasteiger partial charge in [0.15, 0.2) is 5.75 Å². The summed E-state index contributed by atoms with van der Waals surface area (Å²) in [7, 11) is 0. The normalized spacial score (nSPS) is 14.9. The Bertz CT molecular complexity index is 470.